The maximum absolute atomic E-state index is 11.3. The predicted molar refractivity (Wildman–Crippen MR) is 68.8 cm³/mol. The third-order valence-corrected chi connectivity index (χ3v) is 3.27. The number of carbonyl (C=O) groups excluding carboxylic acids is 1. The molecule has 0 aliphatic carbocycles. The molecule has 1 aliphatic heterocycles. The Balaban J connectivity index is 2.05. The number of aryl methyl sites for hydroxylation is 1. The van der Waals surface area contributed by atoms with Gasteiger partial charge < -0.3 is 5.32 Å². The van der Waals surface area contributed by atoms with Crippen LogP contribution in [-0.2, 0) is 11.3 Å². The number of nitriles is 1. The molecule has 1 amide bonds. The lowest BCUT2D eigenvalue weighted by Crippen LogP contribution is -2.28. The van der Waals surface area contributed by atoms with Crippen molar-refractivity contribution in [3.63, 3.8) is 0 Å². The summed E-state index contributed by atoms with van der Waals surface area (Å²) < 4.78 is 0. The molecule has 4 nitrogen and oxygen atoms in total. The minimum atomic E-state index is 0.133. The Bertz CT molecular complexity index is 490. The monoisotopic (exact) mass is 243 g/mol. The van der Waals surface area contributed by atoms with Crippen molar-refractivity contribution in [2.75, 3.05) is 19.6 Å². The van der Waals surface area contributed by atoms with E-state index in [0.717, 1.165) is 25.2 Å². The molecule has 1 aromatic carbocycles. The van der Waals surface area contributed by atoms with E-state index in [1.165, 1.54) is 5.56 Å². The first-order valence-corrected chi connectivity index (χ1v) is 6.18. The fraction of sp³-hybridized carbons (Fsp3) is 0.429. The molecule has 1 saturated heterocycles. The second-order valence-electron chi connectivity index (χ2n) is 4.63. The van der Waals surface area contributed by atoms with E-state index in [1.807, 2.05) is 25.1 Å². The highest BCUT2D eigenvalue weighted by Gasteiger charge is 2.14. The van der Waals surface area contributed by atoms with E-state index in [4.69, 9.17) is 5.26 Å². The van der Waals surface area contributed by atoms with Gasteiger partial charge in [0.15, 0.2) is 0 Å². The summed E-state index contributed by atoms with van der Waals surface area (Å²) in [5.41, 5.74) is 3.06. The van der Waals surface area contributed by atoms with Crippen LogP contribution in [0.1, 0.15) is 23.1 Å². The molecule has 1 aromatic rings. The number of hydrogen-bond donors (Lipinski definition) is 1. The van der Waals surface area contributed by atoms with Gasteiger partial charge in [0, 0.05) is 32.6 Å². The summed E-state index contributed by atoms with van der Waals surface area (Å²) in [4.78, 5) is 13.5. The lowest BCUT2D eigenvalue weighted by Gasteiger charge is -2.20. The van der Waals surface area contributed by atoms with Crippen molar-refractivity contribution in [2.24, 2.45) is 0 Å². The maximum atomic E-state index is 11.3. The molecular formula is C14H17N3O. The zero-order chi connectivity index (χ0) is 13.0. The average molecular weight is 243 g/mol. The molecule has 2 rings (SSSR count). The molecule has 0 bridgehead atoms. The van der Waals surface area contributed by atoms with Crippen LogP contribution in [0.25, 0.3) is 0 Å². The number of nitrogens with zero attached hydrogens (tertiary/aromatic N) is 2. The van der Waals surface area contributed by atoms with Gasteiger partial charge >= 0.3 is 0 Å². The number of nitrogens with one attached hydrogen (secondary N) is 1. The smallest absolute Gasteiger partial charge is 0.221 e. The lowest BCUT2D eigenvalue weighted by molar-refractivity contribution is -0.120. The van der Waals surface area contributed by atoms with Gasteiger partial charge in [-0.3, -0.25) is 9.69 Å². The number of rotatable bonds is 2. The molecule has 18 heavy (non-hydrogen) atoms. The summed E-state index contributed by atoms with van der Waals surface area (Å²) in [7, 11) is 0. The Hall–Kier alpha value is -1.86. The van der Waals surface area contributed by atoms with Crippen LogP contribution in [0.5, 0.6) is 0 Å². The summed E-state index contributed by atoms with van der Waals surface area (Å²) in [5.74, 6) is 0.133. The predicted octanol–water partition coefficient (Wildman–Crippen LogP) is 1.19. The van der Waals surface area contributed by atoms with Crippen LogP contribution in [0, 0.1) is 18.3 Å². The number of carbonyl (C=O) groups is 1. The van der Waals surface area contributed by atoms with Gasteiger partial charge in [0.1, 0.15) is 0 Å². The van der Waals surface area contributed by atoms with Crippen molar-refractivity contribution >= 4 is 5.91 Å². The van der Waals surface area contributed by atoms with Crippen molar-refractivity contribution in [1.82, 2.24) is 10.2 Å². The van der Waals surface area contributed by atoms with Gasteiger partial charge in [-0.25, -0.2) is 0 Å². The van der Waals surface area contributed by atoms with Gasteiger partial charge in [-0.05, 0) is 30.2 Å². The Labute approximate surface area is 107 Å². The zero-order valence-electron chi connectivity index (χ0n) is 10.6. The van der Waals surface area contributed by atoms with Gasteiger partial charge in [-0.2, -0.15) is 5.26 Å². The standard InChI is InChI=1S/C14H17N3O/c1-11-8-12(9-15)2-3-13(11)10-17-6-4-14(18)16-5-7-17/h2-3,8H,4-7,10H2,1H3,(H,16,18). The molecule has 0 atom stereocenters. The second kappa shape index (κ2) is 5.65. The molecule has 0 radical (unpaired) electrons. The van der Waals surface area contributed by atoms with E-state index in [-0.39, 0.29) is 5.91 Å². The number of hydrogen-bond acceptors (Lipinski definition) is 3. The Kier molecular flexibility index (Phi) is 3.96. The quantitative estimate of drug-likeness (QED) is 0.849. The molecule has 94 valence electrons. The molecule has 1 fully saturated rings. The molecule has 4 heteroatoms. The molecule has 0 spiro atoms. The first-order valence-electron chi connectivity index (χ1n) is 6.18. The van der Waals surface area contributed by atoms with E-state index in [0.29, 0.717) is 18.5 Å². The normalized spacial score (nSPS) is 16.8. The molecule has 0 unspecified atom stereocenters. The first kappa shape index (κ1) is 12.6. The molecule has 1 aliphatic rings. The van der Waals surface area contributed by atoms with Gasteiger partial charge in [0.05, 0.1) is 11.6 Å². The third kappa shape index (κ3) is 3.08. The topological polar surface area (TPSA) is 56.1 Å². The van der Waals surface area contributed by atoms with Crippen molar-refractivity contribution in [1.29, 1.82) is 5.26 Å². The van der Waals surface area contributed by atoms with E-state index in [9.17, 15) is 4.79 Å². The van der Waals surface area contributed by atoms with Gasteiger partial charge in [0.2, 0.25) is 5.91 Å². The van der Waals surface area contributed by atoms with Crippen LogP contribution in [0.2, 0.25) is 0 Å². The highest BCUT2D eigenvalue weighted by atomic mass is 16.1. The van der Waals surface area contributed by atoms with Crippen LogP contribution in [0.4, 0.5) is 0 Å². The molecule has 0 saturated carbocycles. The maximum Gasteiger partial charge on any atom is 0.221 e. The highest BCUT2D eigenvalue weighted by Crippen LogP contribution is 2.13. The zero-order valence-corrected chi connectivity index (χ0v) is 10.6. The highest BCUT2D eigenvalue weighted by molar-refractivity contribution is 5.76. The number of benzene rings is 1. The van der Waals surface area contributed by atoms with Crippen LogP contribution in [-0.4, -0.2) is 30.4 Å². The fourth-order valence-electron chi connectivity index (χ4n) is 2.16. The average Bonchev–Trinajstić information content (AvgIpc) is 2.57. The third-order valence-electron chi connectivity index (χ3n) is 3.27. The summed E-state index contributed by atoms with van der Waals surface area (Å²) in [6, 6.07) is 7.92. The molecule has 0 aromatic heterocycles. The van der Waals surface area contributed by atoms with E-state index in [2.05, 4.69) is 16.3 Å². The van der Waals surface area contributed by atoms with Crippen LogP contribution in [0.15, 0.2) is 18.2 Å². The molecule has 1 N–H and O–H groups in total. The Morgan fingerprint density at radius 1 is 1.44 bits per heavy atom. The molecular weight excluding hydrogens is 226 g/mol. The van der Waals surface area contributed by atoms with E-state index in [1.54, 1.807) is 0 Å². The van der Waals surface area contributed by atoms with Gasteiger partial charge in [-0.1, -0.05) is 6.07 Å². The van der Waals surface area contributed by atoms with Crippen LogP contribution >= 0.6 is 0 Å². The van der Waals surface area contributed by atoms with Gasteiger partial charge in [-0.15, -0.1) is 0 Å². The van der Waals surface area contributed by atoms with E-state index < -0.39 is 0 Å². The minimum absolute atomic E-state index is 0.133. The van der Waals surface area contributed by atoms with Crippen LogP contribution < -0.4 is 5.32 Å². The Morgan fingerprint density at radius 2 is 2.28 bits per heavy atom. The van der Waals surface area contributed by atoms with Crippen LogP contribution in [0.3, 0.4) is 0 Å². The van der Waals surface area contributed by atoms with E-state index >= 15 is 0 Å². The summed E-state index contributed by atoms with van der Waals surface area (Å²) >= 11 is 0. The lowest BCUT2D eigenvalue weighted by atomic mass is 10.1. The van der Waals surface area contributed by atoms with Crippen molar-refractivity contribution < 1.29 is 4.79 Å². The molecule has 1 heterocycles. The largest absolute Gasteiger partial charge is 0.355 e. The Morgan fingerprint density at radius 3 is 3.00 bits per heavy atom. The second-order valence-corrected chi connectivity index (χ2v) is 4.63. The summed E-state index contributed by atoms with van der Waals surface area (Å²) in [6.07, 6.45) is 0.565. The van der Waals surface area contributed by atoms with Gasteiger partial charge in [0.25, 0.3) is 0 Å². The number of amides is 1. The SMILES string of the molecule is Cc1cc(C#N)ccc1CN1CCNC(=O)CC1. The summed E-state index contributed by atoms with van der Waals surface area (Å²) in [5, 5.41) is 11.7. The minimum Gasteiger partial charge on any atom is -0.355 e. The van der Waals surface area contributed by atoms with Crippen molar-refractivity contribution in [2.45, 2.75) is 19.9 Å². The van der Waals surface area contributed by atoms with Crippen molar-refractivity contribution in [3.05, 3.63) is 34.9 Å². The first-order chi connectivity index (χ1) is 8.69. The van der Waals surface area contributed by atoms with Crippen molar-refractivity contribution in [3.8, 4) is 6.07 Å². The summed E-state index contributed by atoms with van der Waals surface area (Å²) in [6.45, 7) is 5.26. The fourth-order valence-corrected chi connectivity index (χ4v) is 2.16.